The number of nitrogens with zero attached hydrogens (tertiary/aromatic N) is 1. The molecular weight excluding hydrogens is 300 g/mol. The van der Waals surface area contributed by atoms with Crippen molar-refractivity contribution in [3.05, 3.63) is 29.8 Å². The highest BCUT2D eigenvalue weighted by Crippen LogP contribution is 2.16. The van der Waals surface area contributed by atoms with Crippen LogP contribution in [0.1, 0.15) is 25.3 Å². The molecule has 1 unspecified atom stereocenters. The molecular formula is C16H20N2O5. The molecule has 0 radical (unpaired) electrons. The first-order chi connectivity index (χ1) is 11.0. The number of carboxylic acid groups (broad SMARTS) is 1. The van der Waals surface area contributed by atoms with Gasteiger partial charge in [0.25, 0.3) is 0 Å². The van der Waals surface area contributed by atoms with Crippen LogP contribution in [-0.2, 0) is 16.0 Å². The zero-order valence-electron chi connectivity index (χ0n) is 12.9. The maximum atomic E-state index is 11.9. The molecule has 1 saturated heterocycles. The highest BCUT2D eigenvalue weighted by atomic mass is 16.6. The molecule has 1 heterocycles. The van der Waals surface area contributed by atoms with Gasteiger partial charge < -0.3 is 20.1 Å². The molecule has 7 nitrogen and oxygen atoms in total. The number of hydrogen-bond acceptors (Lipinski definition) is 4. The van der Waals surface area contributed by atoms with Gasteiger partial charge in [-0.1, -0.05) is 12.1 Å². The predicted octanol–water partition coefficient (Wildman–Crippen LogP) is 1.41. The lowest BCUT2D eigenvalue weighted by Gasteiger charge is -2.15. The average molecular weight is 320 g/mol. The van der Waals surface area contributed by atoms with Crippen LogP contribution in [0, 0.1) is 0 Å². The van der Waals surface area contributed by atoms with Gasteiger partial charge in [0.05, 0.1) is 0 Å². The third-order valence-corrected chi connectivity index (χ3v) is 3.61. The van der Waals surface area contributed by atoms with Crippen LogP contribution in [-0.4, -0.2) is 47.1 Å². The molecule has 124 valence electrons. The molecule has 1 aromatic carbocycles. The first-order valence-corrected chi connectivity index (χ1v) is 7.51. The Bertz CT molecular complexity index is 579. The van der Waals surface area contributed by atoms with E-state index in [-0.39, 0.29) is 12.5 Å². The van der Waals surface area contributed by atoms with Gasteiger partial charge in [0.15, 0.2) is 0 Å². The second kappa shape index (κ2) is 7.62. The molecule has 1 aliphatic rings. The van der Waals surface area contributed by atoms with Crippen LogP contribution in [0.4, 0.5) is 4.79 Å². The lowest BCUT2D eigenvalue weighted by molar-refractivity contribution is -0.141. The van der Waals surface area contributed by atoms with Crippen molar-refractivity contribution in [2.24, 2.45) is 0 Å². The van der Waals surface area contributed by atoms with Crippen LogP contribution in [0.3, 0.4) is 0 Å². The van der Waals surface area contributed by atoms with E-state index in [2.05, 4.69) is 5.32 Å². The Balaban J connectivity index is 1.94. The van der Waals surface area contributed by atoms with Crippen LogP contribution in [0.5, 0.6) is 5.75 Å². The van der Waals surface area contributed by atoms with E-state index < -0.39 is 17.9 Å². The van der Waals surface area contributed by atoms with E-state index in [1.54, 1.807) is 29.2 Å². The molecule has 7 heteroatoms. The first-order valence-electron chi connectivity index (χ1n) is 7.51. The maximum absolute atomic E-state index is 11.9. The van der Waals surface area contributed by atoms with Crippen molar-refractivity contribution in [3.63, 3.8) is 0 Å². The number of likely N-dealkylation sites (tertiary alicyclic amines) is 1. The van der Waals surface area contributed by atoms with Gasteiger partial charge in [0, 0.05) is 26.4 Å². The Morgan fingerprint density at radius 3 is 2.35 bits per heavy atom. The third-order valence-electron chi connectivity index (χ3n) is 3.61. The van der Waals surface area contributed by atoms with E-state index in [1.807, 2.05) is 0 Å². The summed E-state index contributed by atoms with van der Waals surface area (Å²) in [5.41, 5.74) is 0.729. The predicted molar refractivity (Wildman–Crippen MR) is 82.2 cm³/mol. The van der Waals surface area contributed by atoms with Gasteiger partial charge >= 0.3 is 12.1 Å². The number of ether oxygens (including phenoxy) is 1. The summed E-state index contributed by atoms with van der Waals surface area (Å²) in [7, 11) is 0. The van der Waals surface area contributed by atoms with Crippen LogP contribution < -0.4 is 10.1 Å². The smallest absolute Gasteiger partial charge is 0.415 e. The number of rotatable bonds is 5. The second-order valence-corrected chi connectivity index (χ2v) is 5.50. The van der Waals surface area contributed by atoms with Gasteiger partial charge in [-0.3, -0.25) is 4.79 Å². The number of amides is 2. The minimum Gasteiger partial charge on any atom is -0.480 e. The number of nitrogens with one attached hydrogen (secondary N) is 1. The van der Waals surface area contributed by atoms with Crippen molar-refractivity contribution in [2.45, 2.75) is 32.2 Å². The van der Waals surface area contributed by atoms with E-state index in [1.165, 1.54) is 6.92 Å². The van der Waals surface area contributed by atoms with E-state index in [0.717, 1.165) is 18.4 Å². The molecule has 0 aromatic heterocycles. The normalized spacial score (nSPS) is 15.1. The molecule has 0 aliphatic carbocycles. The van der Waals surface area contributed by atoms with E-state index in [9.17, 15) is 14.4 Å². The number of benzene rings is 1. The maximum Gasteiger partial charge on any atom is 0.415 e. The Labute approximate surface area is 134 Å². The van der Waals surface area contributed by atoms with E-state index >= 15 is 0 Å². The van der Waals surface area contributed by atoms with Crippen molar-refractivity contribution in [1.82, 2.24) is 10.2 Å². The van der Waals surface area contributed by atoms with Crippen LogP contribution in [0.25, 0.3) is 0 Å². The first kappa shape index (κ1) is 16.8. The summed E-state index contributed by atoms with van der Waals surface area (Å²) in [6, 6.07) is 5.63. The molecule has 1 fully saturated rings. The minimum atomic E-state index is -1.09. The Hall–Kier alpha value is -2.57. The van der Waals surface area contributed by atoms with Gasteiger partial charge in [-0.15, -0.1) is 0 Å². The minimum absolute atomic E-state index is 0.162. The molecule has 1 atom stereocenters. The summed E-state index contributed by atoms with van der Waals surface area (Å²) < 4.78 is 5.27. The summed E-state index contributed by atoms with van der Waals surface area (Å²) >= 11 is 0. The molecule has 0 spiro atoms. The van der Waals surface area contributed by atoms with Gasteiger partial charge in [-0.2, -0.15) is 0 Å². The van der Waals surface area contributed by atoms with Gasteiger partial charge in [-0.25, -0.2) is 9.59 Å². The summed E-state index contributed by atoms with van der Waals surface area (Å²) in [5.74, 6) is -1.07. The number of aliphatic carboxylic acids is 1. The summed E-state index contributed by atoms with van der Waals surface area (Å²) in [5, 5.41) is 11.5. The van der Waals surface area contributed by atoms with Gasteiger partial charge in [-0.05, 0) is 30.5 Å². The Kier molecular flexibility index (Phi) is 5.56. The molecule has 2 rings (SSSR count). The second-order valence-electron chi connectivity index (χ2n) is 5.50. The monoisotopic (exact) mass is 320 g/mol. The molecule has 23 heavy (non-hydrogen) atoms. The summed E-state index contributed by atoms with van der Waals surface area (Å²) in [4.78, 5) is 35.6. The third kappa shape index (κ3) is 4.98. The van der Waals surface area contributed by atoms with Crippen molar-refractivity contribution in [2.75, 3.05) is 13.1 Å². The quantitative estimate of drug-likeness (QED) is 0.855. The lowest BCUT2D eigenvalue weighted by atomic mass is 10.1. The van der Waals surface area contributed by atoms with Crippen LogP contribution in [0.15, 0.2) is 24.3 Å². The fourth-order valence-corrected chi connectivity index (χ4v) is 2.44. The topological polar surface area (TPSA) is 95.9 Å². The molecule has 1 aliphatic heterocycles. The molecule has 0 saturated carbocycles. The fourth-order valence-electron chi connectivity index (χ4n) is 2.44. The summed E-state index contributed by atoms with van der Waals surface area (Å²) in [6.07, 6.45) is 1.79. The zero-order chi connectivity index (χ0) is 16.8. The van der Waals surface area contributed by atoms with Crippen molar-refractivity contribution >= 4 is 18.0 Å². The zero-order valence-corrected chi connectivity index (χ0v) is 12.9. The van der Waals surface area contributed by atoms with E-state index in [0.29, 0.717) is 18.8 Å². The molecule has 1 aromatic rings. The Morgan fingerprint density at radius 2 is 1.83 bits per heavy atom. The van der Waals surface area contributed by atoms with E-state index in [4.69, 9.17) is 9.84 Å². The largest absolute Gasteiger partial charge is 0.480 e. The van der Waals surface area contributed by atoms with Gasteiger partial charge in [0.1, 0.15) is 11.8 Å². The lowest BCUT2D eigenvalue weighted by Crippen LogP contribution is -2.41. The standard InChI is InChI=1S/C16H20N2O5/c1-11(19)17-14(15(20)21)10-12-4-6-13(7-5-12)23-16(22)18-8-2-3-9-18/h4-7,14H,2-3,8-10H2,1H3,(H,17,19)(H,20,21). The number of hydrogen-bond donors (Lipinski definition) is 2. The highest BCUT2D eigenvalue weighted by molar-refractivity contribution is 5.82. The molecule has 0 bridgehead atoms. The molecule has 2 N–H and O–H groups in total. The Morgan fingerprint density at radius 1 is 1.22 bits per heavy atom. The highest BCUT2D eigenvalue weighted by Gasteiger charge is 2.21. The summed E-state index contributed by atoms with van der Waals surface area (Å²) in [6.45, 7) is 2.71. The van der Waals surface area contributed by atoms with Crippen LogP contribution in [0.2, 0.25) is 0 Å². The van der Waals surface area contributed by atoms with Crippen molar-refractivity contribution in [1.29, 1.82) is 0 Å². The number of carbonyl (C=O) groups is 3. The molecule has 2 amide bonds. The van der Waals surface area contributed by atoms with Gasteiger partial charge in [0.2, 0.25) is 5.91 Å². The number of carboxylic acids is 1. The fraction of sp³-hybridized carbons (Fsp3) is 0.438. The van der Waals surface area contributed by atoms with Crippen molar-refractivity contribution < 1.29 is 24.2 Å². The van der Waals surface area contributed by atoms with Crippen LogP contribution >= 0.6 is 0 Å². The SMILES string of the molecule is CC(=O)NC(Cc1ccc(OC(=O)N2CCCC2)cc1)C(=O)O. The number of carbonyl (C=O) groups excluding carboxylic acids is 2. The van der Waals surface area contributed by atoms with Crippen molar-refractivity contribution in [3.8, 4) is 5.75 Å². The average Bonchev–Trinajstić information content (AvgIpc) is 3.02.